The monoisotopic (exact) mass is 256 g/mol. The molecule has 0 spiro atoms. The molecule has 0 amide bonds. The van der Waals surface area contributed by atoms with Crippen LogP contribution in [0.2, 0.25) is 5.02 Å². The molecule has 0 aliphatic heterocycles. The third-order valence-electron chi connectivity index (χ3n) is 2.77. The van der Waals surface area contributed by atoms with Crippen LogP contribution in [0.15, 0.2) is 12.1 Å². The van der Waals surface area contributed by atoms with E-state index < -0.39 is 11.4 Å². The Morgan fingerprint density at radius 1 is 1.47 bits per heavy atom. The average molecular weight is 257 g/mol. The minimum Gasteiger partial charge on any atom is -0.496 e. The molecule has 0 saturated carbocycles. The summed E-state index contributed by atoms with van der Waals surface area (Å²) in [5, 5.41) is 9.74. The first-order valence-corrected chi connectivity index (χ1v) is 5.72. The molecule has 0 atom stereocenters. The molecule has 0 saturated heterocycles. The lowest BCUT2D eigenvalue weighted by Gasteiger charge is -2.21. The van der Waals surface area contributed by atoms with E-state index in [2.05, 4.69) is 0 Å². The van der Waals surface area contributed by atoms with E-state index in [0.29, 0.717) is 17.2 Å². The fourth-order valence-electron chi connectivity index (χ4n) is 1.58. The van der Waals surface area contributed by atoms with Crippen LogP contribution in [0.3, 0.4) is 0 Å². The number of carboxylic acids is 1. The van der Waals surface area contributed by atoms with Gasteiger partial charge in [0, 0.05) is 5.02 Å². The van der Waals surface area contributed by atoms with Gasteiger partial charge in [0.25, 0.3) is 0 Å². The van der Waals surface area contributed by atoms with E-state index in [1.54, 1.807) is 27.0 Å². The van der Waals surface area contributed by atoms with Gasteiger partial charge < -0.3 is 9.84 Å². The van der Waals surface area contributed by atoms with Crippen molar-refractivity contribution in [3.63, 3.8) is 0 Å². The Hall–Kier alpha value is -1.22. The van der Waals surface area contributed by atoms with E-state index >= 15 is 0 Å². The maximum atomic E-state index is 11.1. The fraction of sp³-hybridized carbons (Fsp3) is 0.462. The lowest BCUT2D eigenvalue weighted by Crippen LogP contribution is -2.26. The van der Waals surface area contributed by atoms with Gasteiger partial charge in [-0.2, -0.15) is 0 Å². The maximum absolute atomic E-state index is 11.1. The van der Waals surface area contributed by atoms with Crippen LogP contribution in [-0.2, 0) is 11.2 Å². The normalized spacial score (nSPS) is 11.4. The Morgan fingerprint density at radius 3 is 2.53 bits per heavy atom. The highest BCUT2D eigenvalue weighted by molar-refractivity contribution is 6.31. The Kier molecular flexibility index (Phi) is 4.04. The van der Waals surface area contributed by atoms with Crippen molar-refractivity contribution in [2.45, 2.75) is 27.2 Å². The Morgan fingerprint density at radius 2 is 2.06 bits per heavy atom. The molecular weight excluding hydrogens is 240 g/mol. The van der Waals surface area contributed by atoms with Gasteiger partial charge in [0.1, 0.15) is 5.75 Å². The number of hydrogen-bond donors (Lipinski definition) is 1. The highest BCUT2D eigenvalue weighted by Crippen LogP contribution is 2.32. The van der Waals surface area contributed by atoms with Crippen LogP contribution in [0, 0.1) is 12.3 Å². The predicted octanol–water partition coefficient (Wildman–Crippen LogP) is 3.31. The molecule has 17 heavy (non-hydrogen) atoms. The average Bonchev–Trinajstić information content (AvgIpc) is 2.22. The first kappa shape index (κ1) is 13.8. The van der Waals surface area contributed by atoms with E-state index in [1.807, 2.05) is 13.0 Å². The molecule has 0 radical (unpaired) electrons. The van der Waals surface area contributed by atoms with Crippen molar-refractivity contribution in [1.82, 2.24) is 0 Å². The molecule has 0 heterocycles. The molecule has 1 aromatic carbocycles. The highest BCUT2D eigenvalue weighted by Gasteiger charge is 2.28. The first-order valence-electron chi connectivity index (χ1n) is 5.34. The summed E-state index contributed by atoms with van der Waals surface area (Å²) >= 11 is 6.05. The molecule has 0 aromatic heterocycles. The topological polar surface area (TPSA) is 46.5 Å². The number of ether oxygens (including phenoxy) is 1. The van der Waals surface area contributed by atoms with E-state index in [4.69, 9.17) is 21.4 Å². The predicted molar refractivity (Wildman–Crippen MR) is 67.9 cm³/mol. The standard InChI is InChI=1S/C13H17ClO3/c1-8-5-11(17-4)9(6-10(8)14)7-13(2,3)12(15)16/h5-6H,7H2,1-4H3,(H,15,16). The molecule has 1 N–H and O–H groups in total. The molecule has 0 bridgehead atoms. The molecule has 0 aliphatic rings. The zero-order chi connectivity index (χ0) is 13.2. The van der Waals surface area contributed by atoms with Gasteiger partial charge in [-0.1, -0.05) is 11.6 Å². The maximum Gasteiger partial charge on any atom is 0.309 e. The van der Waals surface area contributed by atoms with E-state index in [9.17, 15) is 4.79 Å². The molecule has 3 nitrogen and oxygen atoms in total. The van der Waals surface area contributed by atoms with Crippen LogP contribution < -0.4 is 4.74 Å². The molecule has 4 heteroatoms. The van der Waals surface area contributed by atoms with Gasteiger partial charge in [-0.05, 0) is 50.5 Å². The van der Waals surface area contributed by atoms with E-state index in [-0.39, 0.29) is 0 Å². The number of aryl methyl sites for hydroxylation is 1. The fourth-order valence-corrected chi connectivity index (χ4v) is 1.76. The van der Waals surface area contributed by atoms with Crippen LogP contribution in [0.1, 0.15) is 25.0 Å². The van der Waals surface area contributed by atoms with E-state index in [1.165, 1.54) is 0 Å². The lowest BCUT2D eigenvalue weighted by atomic mass is 9.85. The molecular formula is C13H17ClO3. The Labute approximate surface area is 106 Å². The number of carboxylic acid groups (broad SMARTS) is 1. The van der Waals surface area contributed by atoms with Crippen molar-refractivity contribution in [2.24, 2.45) is 5.41 Å². The SMILES string of the molecule is COc1cc(C)c(Cl)cc1CC(C)(C)C(=O)O. The number of rotatable bonds is 4. The summed E-state index contributed by atoms with van der Waals surface area (Å²) in [5.41, 5.74) is 0.891. The minimum absolute atomic E-state index is 0.380. The van der Waals surface area contributed by atoms with Gasteiger partial charge in [0.15, 0.2) is 0 Å². The van der Waals surface area contributed by atoms with Crippen molar-refractivity contribution in [1.29, 1.82) is 0 Å². The lowest BCUT2D eigenvalue weighted by molar-refractivity contribution is -0.146. The summed E-state index contributed by atoms with van der Waals surface area (Å²) in [5.74, 6) is -0.155. The number of carbonyl (C=O) groups is 1. The van der Waals surface area contributed by atoms with Crippen molar-refractivity contribution < 1.29 is 14.6 Å². The summed E-state index contributed by atoms with van der Waals surface area (Å²) in [4.78, 5) is 11.1. The van der Waals surface area contributed by atoms with Crippen molar-refractivity contribution in [2.75, 3.05) is 7.11 Å². The van der Waals surface area contributed by atoms with Gasteiger partial charge in [-0.25, -0.2) is 0 Å². The van der Waals surface area contributed by atoms with Crippen LogP contribution >= 0.6 is 11.6 Å². The van der Waals surface area contributed by atoms with Crippen molar-refractivity contribution in [3.8, 4) is 5.75 Å². The number of methoxy groups -OCH3 is 1. The molecule has 0 unspecified atom stereocenters. The van der Waals surface area contributed by atoms with Crippen LogP contribution in [0.5, 0.6) is 5.75 Å². The number of benzene rings is 1. The summed E-state index contributed by atoms with van der Waals surface area (Å²) in [7, 11) is 1.57. The van der Waals surface area contributed by atoms with Gasteiger partial charge in [-0.3, -0.25) is 4.79 Å². The molecule has 0 aliphatic carbocycles. The summed E-state index contributed by atoms with van der Waals surface area (Å²) in [6.45, 7) is 5.25. The number of halogens is 1. The Balaban J connectivity index is 3.14. The van der Waals surface area contributed by atoms with Crippen molar-refractivity contribution >= 4 is 17.6 Å². The van der Waals surface area contributed by atoms with Crippen LogP contribution in [0.25, 0.3) is 0 Å². The highest BCUT2D eigenvalue weighted by atomic mass is 35.5. The van der Waals surface area contributed by atoms with Crippen LogP contribution in [0.4, 0.5) is 0 Å². The Bertz CT molecular complexity index is 439. The first-order chi connectivity index (χ1) is 7.77. The third kappa shape index (κ3) is 3.13. The van der Waals surface area contributed by atoms with Crippen molar-refractivity contribution in [3.05, 3.63) is 28.3 Å². The van der Waals surface area contributed by atoms with Gasteiger partial charge >= 0.3 is 5.97 Å². The summed E-state index contributed by atoms with van der Waals surface area (Å²) in [6, 6.07) is 3.61. The molecule has 94 valence electrons. The molecule has 1 rings (SSSR count). The van der Waals surface area contributed by atoms with E-state index in [0.717, 1.165) is 11.1 Å². The zero-order valence-corrected chi connectivity index (χ0v) is 11.3. The number of aliphatic carboxylic acids is 1. The summed E-state index contributed by atoms with van der Waals surface area (Å²) < 4.78 is 5.26. The van der Waals surface area contributed by atoms with Gasteiger partial charge in [0.2, 0.25) is 0 Å². The number of hydrogen-bond acceptors (Lipinski definition) is 2. The van der Waals surface area contributed by atoms with Crippen LogP contribution in [-0.4, -0.2) is 18.2 Å². The summed E-state index contributed by atoms with van der Waals surface area (Å²) in [6.07, 6.45) is 0.380. The van der Waals surface area contributed by atoms with Gasteiger partial charge in [-0.15, -0.1) is 0 Å². The second kappa shape index (κ2) is 4.96. The second-order valence-electron chi connectivity index (χ2n) is 4.78. The molecule has 0 fully saturated rings. The zero-order valence-electron chi connectivity index (χ0n) is 10.5. The third-order valence-corrected chi connectivity index (χ3v) is 3.18. The molecule has 1 aromatic rings. The minimum atomic E-state index is -0.841. The second-order valence-corrected chi connectivity index (χ2v) is 5.19. The largest absolute Gasteiger partial charge is 0.496 e. The smallest absolute Gasteiger partial charge is 0.309 e. The quantitative estimate of drug-likeness (QED) is 0.899. The van der Waals surface area contributed by atoms with Gasteiger partial charge in [0.05, 0.1) is 12.5 Å².